The van der Waals surface area contributed by atoms with Crippen molar-refractivity contribution in [3.63, 3.8) is 0 Å². The van der Waals surface area contributed by atoms with Gasteiger partial charge in [0.2, 0.25) is 0 Å². The molecule has 0 saturated heterocycles. The second-order valence-corrected chi connectivity index (χ2v) is 29.4. The van der Waals surface area contributed by atoms with Crippen molar-refractivity contribution in [2.75, 3.05) is 19.6 Å². The molecule has 3 aromatic carbocycles. The number of hydrogen-bond acceptors (Lipinski definition) is 12. The lowest BCUT2D eigenvalue weighted by Crippen LogP contribution is -2.46. The van der Waals surface area contributed by atoms with Crippen LogP contribution in [-0.2, 0) is 35.9 Å². The fourth-order valence-electron chi connectivity index (χ4n) is 7.28. The SMILES string of the molecule is CC(CNCc1cc(C(C)(C)C)cc(/C=N/O)c1SC(C)(C)C)(CNCc1cc(C(C)(C)C)cc(/C=N/O)c1SC(C)(C)C)CNCc1cc(C(C)(C)C)cc(/C=N/O)c1SC(C)(C)C. The number of thioether (sulfide) groups is 3. The van der Waals surface area contributed by atoms with E-state index in [1.165, 1.54) is 33.4 Å². The van der Waals surface area contributed by atoms with E-state index in [0.717, 1.165) is 31.4 Å². The van der Waals surface area contributed by atoms with Crippen LogP contribution in [-0.4, -0.2) is 68.1 Å². The third-order valence-corrected chi connectivity index (χ3v) is 14.5. The summed E-state index contributed by atoms with van der Waals surface area (Å²) in [5, 5.41) is 51.5. The van der Waals surface area contributed by atoms with E-state index in [1.54, 1.807) is 53.9 Å². The molecular formula is C53H84N6O3S3. The normalized spacial score (nSPS) is 13.9. The van der Waals surface area contributed by atoms with Crippen molar-refractivity contribution in [3.05, 3.63) is 86.5 Å². The summed E-state index contributed by atoms with van der Waals surface area (Å²) in [7, 11) is 0. The standard InChI is InChI=1S/C53H84N6O3S3/c1-47(2,3)41-20-35(44(63-50(10,11)12)38(23-41)29-57-60)26-54-32-53(19,33-55-27-36-21-42(48(4,5)6)24-39(30-58-61)45(36)64-51(13,14)15)34-56-28-37-22-43(49(7,8)9)25-40(31-59-62)46(37)65-52(16,17)18/h20-25,29-31,54-56,60-62H,26-28,32-34H2,1-19H3/b57-29+,58-30+,59-31+. The molecule has 362 valence electrons. The van der Waals surface area contributed by atoms with Crippen molar-refractivity contribution in [2.45, 2.75) is 196 Å². The molecule has 0 heterocycles. The van der Waals surface area contributed by atoms with Crippen LogP contribution in [0.5, 0.6) is 0 Å². The molecule has 0 amide bonds. The van der Waals surface area contributed by atoms with Gasteiger partial charge in [0.25, 0.3) is 0 Å². The van der Waals surface area contributed by atoms with Gasteiger partial charge in [-0.25, -0.2) is 0 Å². The van der Waals surface area contributed by atoms with Crippen molar-refractivity contribution < 1.29 is 15.6 Å². The average molecular weight is 949 g/mol. The zero-order valence-electron chi connectivity index (χ0n) is 43.3. The molecule has 0 atom stereocenters. The number of nitrogens with one attached hydrogen (secondary N) is 3. The highest BCUT2D eigenvalue weighted by Crippen LogP contribution is 2.42. The van der Waals surface area contributed by atoms with Gasteiger partial charge in [-0.3, -0.25) is 0 Å². The van der Waals surface area contributed by atoms with Gasteiger partial charge in [0, 0.05) is 90.3 Å². The second-order valence-electron chi connectivity index (χ2n) is 23.9. The van der Waals surface area contributed by atoms with Gasteiger partial charge < -0.3 is 31.6 Å². The Balaban J connectivity index is 2.13. The van der Waals surface area contributed by atoms with Gasteiger partial charge >= 0.3 is 0 Å². The highest BCUT2D eigenvalue weighted by atomic mass is 32.2. The molecule has 3 aromatic rings. The monoisotopic (exact) mass is 949 g/mol. The van der Waals surface area contributed by atoms with Crippen LogP contribution < -0.4 is 16.0 Å². The van der Waals surface area contributed by atoms with Gasteiger partial charge in [-0.15, -0.1) is 35.3 Å². The third kappa shape index (κ3) is 18.2. The highest BCUT2D eigenvalue weighted by molar-refractivity contribution is 8.01. The van der Waals surface area contributed by atoms with Crippen LogP contribution in [0, 0.1) is 5.41 Å². The first-order valence-corrected chi connectivity index (χ1v) is 25.4. The van der Waals surface area contributed by atoms with E-state index in [4.69, 9.17) is 0 Å². The van der Waals surface area contributed by atoms with Crippen LogP contribution in [0.15, 0.2) is 66.6 Å². The zero-order valence-corrected chi connectivity index (χ0v) is 45.8. The van der Waals surface area contributed by atoms with Gasteiger partial charge in [-0.05, 0) is 67.8 Å². The molecule has 65 heavy (non-hydrogen) atoms. The van der Waals surface area contributed by atoms with Crippen LogP contribution in [0.2, 0.25) is 0 Å². The summed E-state index contributed by atoms with van der Waals surface area (Å²) in [6, 6.07) is 13.4. The molecule has 0 aliphatic heterocycles. The predicted molar refractivity (Wildman–Crippen MR) is 284 cm³/mol. The molecule has 0 fully saturated rings. The van der Waals surface area contributed by atoms with Gasteiger partial charge in [0.05, 0.1) is 18.6 Å². The van der Waals surface area contributed by atoms with E-state index in [2.05, 4.69) is 199 Å². The Kier molecular flexibility index (Phi) is 19.4. The molecule has 12 heteroatoms. The summed E-state index contributed by atoms with van der Waals surface area (Å²) in [5.41, 5.74) is 9.28. The Hall–Kier alpha value is -3.00. The smallest absolute Gasteiger partial charge is 0.0745 e. The largest absolute Gasteiger partial charge is 0.411 e. The number of benzene rings is 3. The van der Waals surface area contributed by atoms with Crippen LogP contribution in [0.3, 0.4) is 0 Å². The maximum Gasteiger partial charge on any atom is 0.0745 e. The van der Waals surface area contributed by atoms with Crippen LogP contribution >= 0.6 is 35.3 Å². The lowest BCUT2D eigenvalue weighted by molar-refractivity contribution is 0.271. The molecule has 0 unspecified atom stereocenters. The van der Waals surface area contributed by atoms with E-state index in [1.807, 2.05) is 0 Å². The maximum atomic E-state index is 9.77. The summed E-state index contributed by atoms with van der Waals surface area (Å²) in [4.78, 5) is 3.34. The van der Waals surface area contributed by atoms with Gasteiger partial charge in [0.15, 0.2) is 0 Å². The quantitative estimate of drug-likeness (QED) is 0.0319. The van der Waals surface area contributed by atoms with E-state index in [0.29, 0.717) is 39.3 Å². The number of oxime groups is 3. The molecule has 3 rings (SSSR count). The Bertz CT molecular complexity index is 1900. The molecular weight excluding hydrogens is 865 g/mol. The first kappa shape index (κ1) is 56.3. The fraction of sp³-hybridized carbons (Fsp3) is 0.604. The molecule has 0 aromatic heterocycles. The number of hydrogen-bond donors (Lipinski definition) is 6. The van der Waals surface area contributed by atoms with E-state index < -0.39 is 0 Å². The lowest BCUT2D eigenvalue weighted by atomic mass is 9.84. The van der Waals surface area contributed by atoms with Gasteiger partial charge in [-0.1, -0.05) is 165 Å². The summed E-state index contributed by atoms with van der Waals surface area (Å²) in [6.45, 7) is 46.2. The Morgan fingerprint density at radius 1 is 0.400 bits per heavy atom. The molecule has 0 spiro atoms. The van der Waals surface area contributed by atoms with Crippen molar-refractivity contribution in [1.82, 2.24) is 16.0 Å². The van der Waals surface area contributed by atoms with Crippen molar-refractivity contribution >= 4 is 53.9 Å². The molecule has 9 nitrogen and oxygen atoms in total. The van der Waals surface area contributed by atoms with Crippen molar-refractivity contribution in [1.29, 1.82) is 0 Å². The minimum atomic E-state index is -0.267. The summed E-state index contributed by atoms with van der Waals surface area (Å²) < 4.78 is -0.187. The van der Waals surface area contributed by atoms with E-state index >= 15 is 0 Å². The maximum absolute atomic E-state index is 9.77. The van der Waals surface area contributed by atoms with Crippen LogP contribution in [0.1, 0.15) is 182 Å². The number of rotatable bonds is 18. The van der Waals surface area contributed by atoms with Crippen molar-refractivity contribution in [2.24, 2.45) is 20.9 Å². The molecule has 0 saturated carbocycles. The van der Waals surface area contributed by atoms with Crippen LogP contribution in [0.25, 0.3) is 0 Å². The van der Waals surface area contributed by atoms with Crippen molar-refractivity contribution in [3.8, 4) is 0 Å². The molecule has 0 radical (unpaired) electrons. The van der Waals surface area contributed by atoms with E-state index in [9.17, 15) is 15.6 Å². The lowest BCUT2D eigenvalue weighted by Gasteiger charge is -2.33. The minimum absolute atomic E-state index is 0.0625. The topological polar surface area (TPSA) is 134 Å². The Labute approximate surface area is 406 Å². The average Bonchev–Trinajstić information content (AvgIpc) is 3.12. The third-order valence-electron chi connectivity index (χ3n) is 10.6. The Morgan fingerprint density at radius 3 is 0.815 bits per heavy atom. The van der Waals surface area contributed by atoms with Gasteiger partial charge in [0.1, 0.15) is 0 Å². The molecule has 6 N–H and O–H groups in total. The van der Waals surface area contributed by atoms with Gasteiger partial charge in [-0.2, -0.15) is 0 Å². The molecule has 0 bridgehead atoms. The summed E-state index contributed by atoms with van der Waals surface area (Å²) >= 11 is 5.39. The van der Waals surface area contributed by atoms with E-state index in [-0.39, 0.29) is 35.9 Å². The second kappa shape index (κ2) is 22.4. The van der Waals surface area contributed by atoms with Crippen LogP contribution in [0.4, 0.5) is 0 Å². The predicted octanol–water partition coefficient (Wildman–Crippen LogP) is 13.4. The number of nitrogens with zero attached hydrogens (tertiary/aromatic N) is 3. The summed E-state index contributed by atoms with van der Waals surface area (Å²) in [6.07, 6.45) is 4.71. The minimum Gasteiger partial charge on any atom is -0.411 e. The Morgan fingerprint density at radius 2 is 0.631 bits per heavy atom. The first-order chi connectivity index (χ1) is 29.7. The molecule has 0 aliphatic carbocycles. The first-order valence-electron chi connectivity index (χ1n) is 22.9. The highest BCUT2D eigenvalue weighted by Gasteiger charge is 2.29. The zero-order chi connectivity index (χ0) is 49.4. The fourth-order valence-corrected chi connectivity index (χ4v) is 10.6. The molecule has 0 aliphatic rings. The summed E-state index contributed by atoms with van der Waals surface area (Å²) in [5.74, 6) is 0.